The van der Waals surface area contributed by atoms with Gasteiger partial charge in [0.2, 0.25) is 5.78 Å². The van der Waals surface area contributed by atoms with Crippen molar-refractivity contribution < 1.29 is 19.4 Å². The van der Waals surface area contributed by atoms with Gasteiger partial charge in [-0.3, -0.25) is 9.59 Å². The lowest BCUT2D eigenvalue weighted by Gasteiger charge is -2.56. The number of hydrogen-bond donors (Lipinski definition) is 1. The van der Waals surface area contributed by atoms with E-state index in [1.807, 2.05) is 13.8 Å². The summed E-state index contributed by atoms with van der Waals surface area (Å²) in [6.45, 7) is 12.0. The van der Waals surface area contributed by atoms with E-state index in [1.54, 1.807) is 0 Å². The Morgan fingerprint density at radius 2 is 1.88 bits per heavy atom. The van der Waals surface area contributed by atoms with Crippen LogP contribution in [0.1, 0.15) is 73.6 Å². The normalized spacial score (nSPS) is 33.9. The van der Waals surface area contributed by atoms with Gasteiger partial charge in [-0.2, -0.15) is 0 Å². The summed E-state index contributed by atoms with van der Waals surface area (Å²) in [6.07, 6.45) is 4.34. The summed E-state index contributed by atoms with van der Waals surface area (Å²) in [5.74, 6) is -0.478. The van der Waals surface area contributed by atoms with Crippen LogP contribution >= 0.6 is 0 Å². The van der Waals surface area contributed by atoms with Gasteiger partial charge < -0.3 is 9.84 Å². The van der Waals surface area contributed by atoms with Crippen LogP contribution in [0.4, 0.5) is 0 Å². The molecule has 0 aromatic rings. The Kier molecular flexibility index (Phi) is 4.61. The van der Waals surface area contributed by atoms with Gasteiger partial charge in [-0.15, -0.1) is 0 Å². The fourth-order valence-electron chi connectivity index (χ4n) is 6.03. The smallest absolute Gasteiger partial charge is 0.303 e. The highest BCUT2D eigenvalue weighted by Gasteiger charge is 2.55. The molecule has 3 unspecified atom stereocenters. The number of carbonyl (C=O) groups is 2. The van der Waals surface area contributed by atoms with Gasteiger partial charge >= 0.3 is 5.97 Å². The first-order chi connectivity index (χ1) is 12.0. The zero-order valence-electron chi connectivity index (χ0n) is 16.9. The maximum absolute atomic E-state index is 13.3. The van der Waals surface area contributed by atoms with Crippen molar-refractivity contribution >= 4 is 11.8 Å². The highest BCUT2D eigenvalue weighted by Crippen LogP contribution is 2.61. The van der Waals surface area contributed by atoms with Gasteiger partial charge in [0.15, 0.2) is 5.76 Å². The number of aliphatic hydroxyl groups excluding tert-OH is 1. The second-order valence-corrected chi connectivity index (χ2v) is 9.53. The molecule has 0 heterocycles. The zero-order chi connectivity index (χ0) is 19.4. The van der Waals surface area contributed by atoms with Crippen molar-refractivity contribution in [2.75, 3.05) is 0 Å². The molecule has 3 aliphatic rings. The van der Waals surface area contributed by atoms with Gasteiger partial charge in [0.1, 0.15) is 6.10 Å². The van der Waals surface area contributed by atoms with Crippen molar-refractivity contribution in [2.45, 2.75) is 79.8 Å². The lowest BCUT2D eigenvalue weighted by molar-refractivity contribution is -0.144. The Labute approximate surface area is 156 Å². The second kappa shape index (κ2) is 6.24. The summed E-state index contributed by atoms with van der Waals surface area (Å²) >= 11 is 0. The van der Waals surface area contributed by atoms with Gasteiger partial charge in [-0.1, -0.05) is 41.0 Å². The Bertz CT molecular complexity index is 710. The number of rotatable bonds is 2. The van der Waals surface area contributed by atoms with Crippen LogP contribution in [-0.2, 0) is 14.3 Å². The van der Waals surface area contributed by atoms with E-state index in [0.717, 1.165) is 43.3 Å². The Balaban J connectivity index is 2.18. The first-order valence-corrected chi connectivity index (χ1v) is 9.89. The predicted octanol–water partition coefficient (Wildman–Crippen LogP) is 4.89. The predicted molar refractivity (Wildman–Crippen MR) is 101 cm³/mol. The van der Waals surface area contributed by atoms with E-state index in [9.17, 15) is 14.7 Å². The Morgan fingerprint density at radius 3 is 2.46 bits per heavy atom. The van der Waals surface area contributed by atoms with E-state index in [1.165, 1.54) is 6.92 Å². The molecule has 144 valence electrons. The van der Waals surface area contributed by atoms with Crippen LogP contribution < -0.4 is 0 Å². The van der Waals surface area contributed by atoms with E-state index >= 15 is 0 Å². The summed E-state index contributed by atoms with van der Waals surface area (Å²) in [7, 11) is 0. The first-order valence-electron chi connectivity index (χ1n) is 9.89. The molecule has 3 atom stereocenters. The van der Waals surface area contributed by atoms with Crippen LogP contribution in [0.25, 0.3) is 0 Å². The molecule has 1 saturated carbocycles. The Morgan fingerprint density at radius 1 is 1.23 bits per heavy atom. The molecule has 1 N–H and O–H groups in total. The largest absolute Gasteiger partial charge is 0.504 e. The number of aliphatic hydroxyl groups is 1. The number of hydrogen-bond acceptors (Lipinski definition) is 4. The van der Waals surface area contributed by atoms with Crippen LogP contribution in [0.5, 0.6) is 0 Å². The van der Waals surface area contributed by atoms with Crippen molar-refractivity contribution in [1.29, 1.82) is 0 Å². The third kappa shape index (κ3) is 2.73. The van der Waals surface area contributed by atoms with Crippen molar-refractivity contribution in [3.63, 3.8) is 0 Å². The molecule has 1 fully saturated rings. The molecule has 0 radical (unpaired) electrons. The molecule has 0 aromatic heterocycles. The molecule has 0 saturated heterocycles. The number of ether oxygens (including phenoxy) is 1. The summed E-state index contributed by atoms with van der Waals surface area (Å²) in [5.41, 5.74) is 2.13. The lowest BCUT2D eigenvalue weighted by Crippen LogP contribution is -2.50. The maximum Gasteiger partial charge on any atom is 0.303 e. The van der Waals surface area contributed by atoms with Gasteiger partial charge in [0.25, 0.3) is 0 Å². The van der Waals surface area contributed by atoms with Crippen molar-refractivity contribution in [3.8, 4) is 0 Å². The number of Topliss-reactive ketones (excluding diaryl/α,β-unsaturated/α-hetero) is 1. The molecule has 0 spiro atoms. The van der Waals surface area contributed by atoms with Gasteiger partial charge in [0.05, 0.1) is 0 Å². The average Bonchev–Trinajstić information content (AvgIpc) is 2.50. The fourth-order valence-corrected chi connectivity index (χ4v) is 6.03. The van der Waals surface area contributed by atoms with Crippen molar-refractivity contribution in [3.05, 3.63) is 22.5 Å². The number of esters is 1. The third-order valence-electron chi connectivity index (χ3n) is 7.04. The van der Waals surface area contributed by atoms with Crippen molar-refractivity contribution in [1.82, 2.24) is 0 Å². The van der Waals surface area contributed by atoms with E-state index in [-0.39, 0.29) is 34.3 Å². The molecule has 4 heteroatoms. The maximum atomic E-state index is 13.3. The summed E-state index contributed by atoms with van der Waals surface area (Å²) in [5, 5.41) is 10.8. The number of ketones is 1. The zero-order valence-corrected chi connectivity index (χ0v) is 16.9. The number of carbonyl (C=O) groups excluding carboxylic acids is 2. The van der Waals surface area contributed by atoms with E-state index in [0.29, 0.717) is 11.5 Å². The standard InChI is InChI=1S/C22H32O4/c1-12(2)16-18(24)19(25)17-14(20(16)26-13(3)23)8-9-15-21(4,5)10-7-11-22(15,17)6/h12,15,20,24H,7-11H2,1-6H3. The Hall–Kier alpha value is -1.58. The highest BCUT2D eigenvalue weighted by molar-refractivity contribution is 6.10. The quantitative estimate of drug-likeness (QED) is 0.712. The number of allylic oxidation sites excluding steroid dienone is 1. The molecule has 3 aliphatic carbocycles. The molecule has 4 nitrogen and oxygen atoms in total. The lowest BCUT2D eigenvalue weighted by atomic mass is 9.48. The van der Waals surface area contributed by atoms with E-state index in [4.69, 9.17) is 4.74 Å². The van der Waals surface area contributed by atoms with Crippen LogP contribution in [0.2, 0.25) is 0 Å². The SMILES string of the molecule is CC(=O)OC1C2=C(C(=O)C(O)=C1C(C)C)C1(C)CCCC(C)(C)C1CC2. The molecule has 26 heavy (non-hydrogen) atoms. The summed E-state index contributed by atoms with van der Waals surface area (Å²) in [4.78, 5) is 25.0. The molecule has 0 amide bonds. The monoisotopic (exact) mass is 360 g/mol. The van der Waals surface area contributed by atoms with Gasteiger partial charge in [0, 0.05) is 18.1 Å². The molecular formula is C22H32O4. The number of fused-ring (bicyclic) bond motifs is 2. The van der Waals surface area contributed by atoms with Gasteiger partial charge in [-0.05, 0) is 53.9 Å². The second-order valence-electron chi connectivity index (χ2n) is 9.53. The molecule has 0 bridgehead atoms. The van der Waals surface area contributed by atoms with Crippen LogP contribution in [-0.4, -0.2) is 23.0 Å². The fraction of sp³-hybridized carbons (Fsp3) is 0.727. The molecule has 0 aliphatic heterocycles. The summed E-state index contributed by atoms with van der Waals surface area (Å²) < 4.78 is 5.66. The highest BCUT2D eigenvalue weighted by atomic mass is 16.5. The molecular weight excluding hydrogens is 328 g/mol. The first kappa shape index (κ1) is 19.2. The summed E-state index contributed by atoms with van der Waals surface area (Å²) in [6, 6.07) is 0. The minimum Gasteiger partial charge on any atom is -0.504 e. The third-order valence-corrected chi connectivity index (χ3v) is 7.04. The molecule has 0 aromatic carbocycles. The van der Waals surface area contributed by atoms with Gasteiger partial charge in [-0.25, -0.2) is 0 Å². The topological polar surface area (TPSA) is 63.6 Å². The van der Waals surface area contributed by atoms with Crippen LogP contribution in [0.15, 0.2) is 22.5 Å². The van der Waals surface area contributed by atoms with E-state index < -0.39 is 6.10 Å². The van der Waals surface area contributed by atoms with E-state index in [2.05, 4.69) is 20.8 Å². The minimum atomic E-state index is -0.594. The average molecular weight is 360 g/mol. The van der Waals surface area contributed by atoms with Crippen LogP contribution in [0.3, 0.4) is 0 Å². The van der Waals surface area contributed by atoms with Crippen molar-refractivity contribution in [2.24, 2.45) is 22.7 Å². The van der Waals surface area contributed by atoms with Crippen LogP contribution in [0, 0.1) is 22.7 Å². The minimum absolute atomic E-state index is 0.0642. The molecule has 3 rings (SSSR count).